The van der Waals surface area contributed by atoms with Gasteiger partial charge in [-0.25, -0.2) is 14.2 Å². The molecular weight excluding hydrogens is 707 g/mol. The highest BCUT2D eigenvalue weighted by Gasteiger charge is 2.54. The highest BCUT2D eigenvalue weighted by Crippen LogP contribution is 2.41. The number of aromatic nitrogens is 1. The van der Waals surface area contributed by atoms with Crippen LogP contribution in [0.1, 0.15) is 13.8 Å². The van der Waals surface area contributed by atoms with Crippen LogP contribution < -0.4 is 9.88 Å². The van der Waals surface area contributed by atoms with Gasteiger partial charge in [-0.05, 0) is 23.8 Å². The Labute approximate surface area is 296 Å². The Morgan fingerprint density at radius 3 is 2.51 bits per heavy atom. The third-order valence-corrected chi connectivity index (χ3v) is 12.2. The number of carbonyl (C=O) groups is 4. The van der Waals surface area contributed by atoms with Crippen LogP contribution in [0.25, 0.3) is 0 Å². The van der Waals surface area contributed by atoms with Crippen LogP contribution >= 0.6 is 58.5 Å². The fourth-order valence-electron chi connectivity index (χ4n) is 5.67. The predicted octanol–water partition coefficient (Wildman–Crippen LogP) is 3.86. The van der Waals surface area contributed by atoms with Crippen molar-refractivity contribution in [3.8, 4) is 0 Å². The lowest BCUT2D eigenvalue weighted by Crippen LogP contribution is -2.70. The predicted molar refractivity (Wildman–Crippen MR) is 184 cm³/mol. The van der Waals surface area contributed by atoms with Crippen molar-refractivity contribution in [1.29, 1.82) is 0 Å². The number of pyridine rings is 1. The summed E-state index contributed by atoms with van der Waals surface area (Å²) in [7, 11) is 0. The van der Waals surface area contributed by atoms with Crippen LogP contribution in [0.15, 0.2) is 63.8 Å². The summed E-state index contributed by atoms with van der Waals surface area (Å²) in [4.78, 5) is 52.3. The first-order valence-corrected chi connectivity index (χ1v) is 18.4. The van der Waals surface area contributed by atoms with Crippen molar-refractivity contribution in [3.05, 3.63) is 64.0 Å². The molecule has 2 atom stereocenters. The van der Waals surface area contributed by atoms with Crippen LogP contribution in [0.2, 0.25) is 10.0 Å². The minimum atomic E-state index is -1.17. The zero-order chi connectivity index (χ0) is 32.8. The number of aliphatic carboxylic acids is 2. The van der Waals surface area contributed by atoms with Gasteiger partial charge in [0.15, 0.2) is 25.5 Å². The van der Waals surface area contributed by atoms with E-state index in [1.807, 2.05) is 24.5 Å². The van der Waals surface area contributed by atoms with Gasteiger partial charge in [0.05, 0.1) is 37.0 Å². The first-order chi connectivity index (χ1) is 22.0. The molecular formula is C31H38Cl2N4O7S3+2. The van der Waals surface area contributed by atoms with Crippen LogP contribution in [-0.4, -0.2) is 111 Å². The summed E-state index contributed by atoms with van der Waals surface area (Å²) in [5, 5.41) is 22.6. The molecule has 0 saturated carbocycles. The van der Waals surface area contributed by atoms with E-state index in [9.17, 15) is 29.4 Å². The normalized spacial score (nSPS) is 20.1. The summed E-state index contributed by atoms with van der Waals surface area (Å²) in [6, 6.07) is 8.11. The second-order valence-electron chi connectivity index (χ2n) is 11.2. The minimum absolute atomic E-state index is 0. The number of morpholine rings is 1. The second kappa shape index (κ2) is 16.8. The van der Waals surface area contributed by atoms with Crippen LogP contribution in [0, 0.1) is 0 Å². The highest BCUT2D eigenvalue weighted by molar-refractivity contribution is 8.01. The Hall–Kier alpha value is -2.46. The number of nitrogens with zero attached hydrogens (tertiary/aromatic N) is 3. The van der Waals surface area contributed by atoms with E-state index >= 15 is 0 Å². The third kappa shape index (κ3) is 9.37. The monoisotopic (exact) mass is 744 g/mol. The van der Waals surface area contributed by atoms with Gasteiger partial charge in [0.2, 0.25) is 5.91 Å². The van der Waals surface area contributed by atoms with E-state index in [-0.39, 0.29) is 31.3 Å². The number of benzene rings is 1. The van der Waals surface area contributed by atoms with Crippen molar-refractivity contribution in [2.45, 2.75) is 41.6 Å². The molecule has 2 unspecified atom stereocenters. The van der Waals surface area contributed by atoms with E-state index in [1.54, 1.807) is 18.2 Å². The number of carboxylic acids is 2. The Bertz CT molecular complexity index is 1520. The van der Waals surface area contributed by atoms with Crippen molar-refractivity contribution < 1.29 is 43.2 Å². The average Bonchev–Trinajstić information content (AvgIpc) is 3.03. The number of carboxylic acid groups (broad SMARTS) is 2. The number of rotatable bonds is 14. The molecule has 0 spiro atoms. The Balaban J connectivity index is 0.00000500. The molecule has 3 N–H and O–H groups in total. The van der Waals surface area contributed by atoms with E-state index in [2.05, 4.69) is 9.88 Å². The van der Waals surface area contributed by atoms with Crippen LogP contribution in [0.4, 0.5) is 0 Å². The third-order valence-electron chi connectivity index (χ3n) is 8.03. The number of ether oxygens (including phenoxy) is 1. The number of halogens is 2. The maximum absolute atomic E-state index is 13.0. The Morgan fingerprint density at radius 1 is 1.11 bits per heavy atom. The van der Waals surface area contributed by atoms with Crippen LogP contribution in [0.5, 0.6) is 0 Å². The summed E-state index contributed by atoms with van der Waals surface area (Å²) in [5.74, 6) is -1.90. The minimum Gasteiger partial charge on any atom is -0.477 e. The van der Waals surface area contributed by atoms with E-state index in [4.69, 9.17) is 27.9 Å². The lowest BCUT2D eigenvalue weighted by Gasteiger charge is -2.49. The van der Waals surface area contributed by atoms with E-state index in [1.165, 1.54) is 40.2 Å². The summed E-state index contributed by atoms with van der Waals surface area (Å²) in [6.07, 6.45) is 4.76. The quantitative estimate of drug-likeness (QED) is 0.113. The van der Waals surface area contributed by atoms with Gasteiger partial charge < -0.3 is 24.7 Å². The molecule has 2 aromatic rings. The van der Waals surface area contributed by atoms with Crippen molar-refractivity contribution in [2.24, 2.45) is 0 Å². The fourth-order valence-corrected chi connectivity index (χ4v) is 9.34. The molecule has 16 heteroatoms. The van der Waals surface area contributed by atoms with Crippen molar-refractivity contribution >= 4 is 82.2 Å². The van der Waals surface area contributed by atoms with Gasteiger partial charge in [-0.3, -0.25) is 14.5 Å². The zero-order valence-corrected chi connectivity index (χ0v) is 28.7. The van der Waals surface area contributed by atoms with Gasteiger partial charge in [0.1, 0.15) is 30.2 Å². The lowest BCUT2D eigenvalue weighted by atomic mass is 10.0. The number of hydrogen-bond donors (Lipinski definition) is 3. The molecule has 2 saturated heterocycles. The summed E-state index contributed by atoms with van der Waals surface area (Å²) in [5.41, 5.74) is 0.636. The van der Waals surface area contributed by atoms with Crippen molar-refractivity contribution in [1.82, 2.24) is 10.2 Å². The summed E-state index contributed by atoms with van der Waals surface area (Å²) in [6.45, 7) is 4.19. The molecule has 2 amide bonds. The SMILES string of the molecule is C.O=C(O)C[N+]1(CCC[n+]2ccc(SCC3=C(C(=O)O)N4C(=O)C(NC(=O)CSc5cc(Cl)ccc5Cl)C4SC3)cc2)CCOCC1. The van der Waals surface area contributed by atoms with Crippen LogP contribution in [-0.2, 0) is 30.5 Å². The molecule has 0 aliphatic carbocycles. The van der Waals surface area contributed by atoms with Gasteiger partial charge in [-0.2, -0.15) is 0 Å². The molecule has 254 valence electrons. The largest absolute Gasteiger partial charge is 0.477 e. The number of β-lactam (4-membered cyclic amide) rings is 1. The Kier molecular flexibility index (Phi) is 13.3. The zero-order valence-electron chi connectivity index (χ0n) is 24.7. The number of nitrogens with one attached hydrogen (secondary N) is 1. The molecule has 4 heterocycles. The highest BCUT2D eigenvalue weighted by atomic mass is 35.5. The average molecular weight is 746 g/mol. The molecule has 3 aliphatic rings. The molecule has 11 nitrogen and oxygen atoms in total. The molecule has 0 radical (unpaired) electrons. The van der Waals surface area contributed by atoms with Gasteiger partial charge in [-0.15, -0.1) is 35.3 Å². The molecule has 1 aromatic carbocycles. The van der Waals surface area contributed by atoms with E-state index in [0.29, 0.717) is 62.8 Å². The number of aryl methyl sites for hydroxylation is 1. The molecule has 2 fully saturated rings. The van der Waals surface area contributed by atoms with Crippen molar-refractivity contribution in [2.75, 3.05) is 56.7 Å². The Morgan fingerprint density at radius 2 is 1.83 bits per heavy atom. The number of carbonyl (C=O) groups excluding carboxylic acids is 2. The van der Waals surface area contributed by atoms with E-state index < -0.39 is 29.3 Å². The maximum Gasteiger partial charge on any atom is 0.359 e. The number of thioether (sulfide) groups is 3. The van der Waals surface area contributed by atoms with Crippen molar-refractivity contribution in [3.63, 3.8) is 0 Å². The molecule has 47 heavy (non-hydrogen) atoms. The number of amides is 2. The van der Waals surface area contributed by atoms with Gasteiger partial charge in [0.25, 0.3) is 5.91 Å². The number of fused-ring (bicyclic) bond motifs is 1. The van der Waals surface area contributed by atoms with Gasteiger partial charge in [0, 0.05) is 38.5 Å². The van der Waals surface area contributed by atoms with Gasteiger partial charge in [-0.1, -0.05) is 30.6 Å². The molecule has 3 aliphatic heterocycles. The standard InChI is InChI=1S/C30H32Cl2N4O7S3.CH4/c31-20-2-3-22(32)23(14-20)45-18-24(37)33-26-28(40)35-27(30(41)42)19(17-46-29(26)35)16-44-21-4-7-34(8-5-21)6-1-9-36(15-25(38)39)10-12-43-13-11-36;/h2-5,7-8,14,26,29H,1,6,9-13,15-18H2,(H-2,33,37,38,39,41,42);1H4/p+2. The number of quaternary nitrogens is 1. The summed E-state index contributed by atoms with van der Waals surface area (Å²) < 4.78 is 8.03. The fraction of sp³-hybridized carbons (Fsp3) is 0.452. The molecule has 5 rings (SSSR count). The first kappa shape index (κ1) is 37.4. The topological polar surface area (TPSA) is 137 Å². The summed E-state index contributed by atoms with van der Waals surface area (Å²) >= 11 is 16.3. The maximum atomic E-state index is 13.0. The number of hydrogen-bond acceptors (Lipinski definition) is 8. The first-order valence-electron chi connectivity index (χ1n) is 14.6. The van der Waals surface area contributed by atoms with E-state index in [0.717, 1.165) is 24.4 Å². The molecule has 1 aromatic heterocycles. The second-order valence-corrected chi connectivity index (χ2v) is 15.2. The van der Waals surface area contributed by atoms with Gasteiger partial charge >= 0.3 is 11.9 Å². The van der Waals surface area contributed by atoms with Crippen LogP contribution in [0.3, 0.4) is 0 Å². The lowest BCUT2D eigenvalue weighted by molar-refractivity contribution is -0.930. The molecule has 0 bridgehead atoms. The smallest absolute Gasteiger partial charge is 0.359 e.